The van der Waals surface area contributed by atoms with E-state index in [9.17, 15) is 0 Å². The molecule has 0 saturated carbocycles. The Kier molecular flexibility index (Phi) is 7.10. The van der Waals surface area contributed by atoms with Gasteiger partial charge >= 0.3 is 0 Å². The van der Waals surface area contributed by atoms with Crippen LogP contribution in [0.4, 0.5) is 17.1 Å². The van der Waals surface area contributed by atoms with Crippen molar-refractivity contribution in [1.82, 2.24) is 14.5 Å². The van der Waals surface area contributed by atoms with Gasteiger partial charge in [0.1, 0.15) is 0 Å². The van der Waals surface area contributed by atoms with Crippen LogP contribution in [0.15, 0.2) is 194 Å². The average molecular weight is 665 g/mol. The SMILES string of the molecule is c1ccc(-c2nc3ccccc3nc2-c2ccc(N(c3ccc4ccccc4c3)c3ccc4c(c3)c3ccccc3n4-c3ccccc3)cc2)cc1. The number of nitrogens with zero attached hydrogens (tertiary/aromatic N) is 4. The smallest absolute Gasteiger partial charge is 0.0973 e. The Morgan fingerprint density at radius 2 is 0.904 bits per heavy atom. The van der Waals surface area contributed by atoms with Crippen molar-refractivity contribution >= 4 is 60.7 Å². The Balaban J connectivity index is 1.15. The molecule has 52 heavy (non-hydrogen) atoms. The van der Waals surface area contributed by atoms with Crippen molar-refractivity contribution in [3.8, 4) is 28.2 Å². The maximum absolute atomic E-state index is 5.16. The summed E-state index contributed by atoms with van der Waals surface area (Å²) < 4.78 is 2.36. The summed E-state index contributed by atoms with van der Waals surface area (Å²) in [5.41, 5.74) is 12.3. The normalized spacial score (nSPS) is 11.5. The molecule has 0 fully saturated rings. The highest BCUT2D eigenvalue weighted by molar-refractivity contribution is 6.10. The van der Waals surface area contributed by atoms with Crippen LogP contribution in [0.2, 0.25) is 0 Å². The summed E-state index contributed by atoms with van der Waals surface area (Å²) in [6, 6.07) is 68.5. The number of hydrogen-bond acceptors (Lipinski definition) is 3. The van der Waals surface area contributed by atoms with Crippen molar-refractivity contribution in [3.05, 3.63) is 194 Å². The molecule has 0 amide bonds. The van der Waals surface area contributed by atoms with E-state index in [0.717, 1.165) is 56.3 Å². The van der Waals surface area contributed by atoms with Gasteiger partial charge in [0.25, 0.3) is 0 Å². The van der Waals surface area contributed by atoms with Gasteiger partial charge in [0.05, 0.1) is 33.5 Å². The van der Waals surface area contributed by atoms with Gasteiger partial charge in [-0.2, -0.15) is 0 Å². The minimum Gasteiger partial charge on any atom is -0.310 e. The molecule has 4 heteroatoms. The standard InChI is InChI=1S/C48H32N4/c1-3-14-34(15-4-1)47-48(50-44-21-11-10-20-43(44)49-47)35-24-26-38(27-25-35)51(39-28-23-33-13-7-8-16-36(33)31-39)40-29-30-46-42(32-40)41-19-9-12-22-45(41)52(46)37-17-5-2-6-18-37/h1-32H. The molecule has 10 aromatic rings. The molecule has 0 spiro atoms. The Bertz CT molecular complexity index is 2890. The first kappa shape index (κ1) is 29.8. The zero-order valence-corrected chi connectivity index (χ0v) is 28.3. The lowest BCUT2D eigenvalue weighted by molar-refractivity contribution is 1.18. The first-order valence-corrected chi connectivity index (χ1v) is 17.6. The molecule has 0 N–H and O–H groups in total. The van der Waals surface area contributed by atoms with E-state index in [1.165, 1.54) is 32.6 Å². The van der Waals surface area contributed by atoms with Gasteiger partial charge in [-0.05, 0) is 83.6 Å². The van der Waals surface area contributed by atoms with Gasteiger partial charge in [-0.15, -0.1) is 0 Å². The van der Waals surface area contributed by atoms with E-state index in [-0.39, 0.29) is 0 Å². The zero-order chi connectivity index (χ0) is 34.4. The van der Waals surface area contributed by atoms with Crippen molar-refractivity contribution in [3.63, 3.8) is 0 Å². The topological polar surface area (TPSA) is 34.0 Å². The first-order chi connectivity index (χ1) is 25.8. The van der Waals surface area contributed by atoms with Crippen LogP contribution in [-0.4, -0.2) is 14.5 Å². The molecule has 10 rings (SSSR count). The monoisotopic (exact) mass is 664 g/mol. The van der Waals surface area contributed by atoms with Crippen molar-refractivity contribution in [2.45, 2.75) is 0 Å². The van der Waals surface area contributed by atoms with Gasteiger partial charge in [0.15, 0.2) is 0 Å². The van der Waals surface area contributed by atoms with Gasteiger partial charge in [-0.25, -0.2) is 9.97 Å². The second-order valence-electron chi connectivity index (χ2n) is 13.1. The van der Waals surface area contributed by atoms with E-state index in [2.05, 4.69) is 173 Å². The third-order valence-electron chi connectivity index (χ3n) is 9.94. The van der Waals surface area contributed by atoms with Gasteiger partial charge in [0, 0.05) is 44.6 Å². The van der Waals surface area contributed by atoms with Crippen LogP contribution in [0.1, 0.15) is 0 Å². The van der Waals surface area contributed by atoms with Crippen molar-refractivity contribution < 1.29 is 0 Å². The molecule has 0 bridgehead atoms. The maximum atomic E-state index is 5.16. The lowest BCUT2D eigenvalue weighted by Crippen LogP contribution is -2.10. The summed E-state index contributed by atoms with van der Waals surface area (Å²) in [6.45, 7) is 0. The molecule has 244 valence electrons. The van der Waals surface area contributed by atoms with Gasteiger partial charge in [0.2, 0.25) is 0 Å². The number of benzene rings is 8. The van der Waals surface area contributed by atoms with Crippen LogP contribution in [0.3, 0.4) is 0 Å². The van der Waals surface area contributed by atoms with E-state index >= 15 is 0 Å². The van der Waals surface area contributed by atoms with Gasteiger partial charge in [-0.1, -0.05) is 121 Å². The fourth-order valence-corrected chi connectivity index (χ4v) is 7.49. The predicted molar refractivity (Wildman–Crippen MR) is 217 cm³/mol. The predicted octanol–water partition coefficient (Wildman–Crippen LogP) is 12.7. The van der Waals surface area contributed by atoms with Crippen molar-refractivity contribution in [2.75, 3.05) is 4.90 Å². The van der Waals surface area contributed by atoms with Crippen LogP contribution in [0.5, 0.6) is 0 Å². The van der Waals surface area contributed by atoms with E-state index < -0.39 is 0 Å². The lowest BCUT2D eigenvalue weighted by atomic mass is 10.0. The molecular weight excluding hydrogens is 633 g/mol. The third-order valence-corrected chi connectivity index (χ3v) is 9.94. The molecule has 2 aromatic heterocycles. The zero-order valence-electron chi connectivity index (χ0n) is 28.3. The fraction of sp³-hybridized carbons (Fsp3) is 0. The minimum absolute atomic E-state index is 0.865. The number of hydrogen-bond donors (Lipinski definition) is 0. The molecule has 2 heterocycles. The quantitative estimate of drug-likeness (QED) is 0.177. The molecule has 0 aliphatic heterocycles. The number of aromatic nitrogens is 3. The van der Waals surface area contributed by atoms with Gasteiger partial charge < -0.3 is 9.47 Å². The largest absolute Gasteiger partial charge is 0.310 e. The molecule has 0 atom stereocenters. The molecular formula is C48H32N4. The summed E-state index contributed by atoms with van der Waals surface area (Å²) in [4.78, 5) is 12.6. The molecule has 8 aromatic carbocycles. The number of rotatable bonds is 6. The Morgan fingerprint density at radius 1 is 0.365 bits per heavy atom. The summed E-state index contributed by atoms with van der Waals surface area (Å²) in [5, 5.41) is 4.84. The highest BCUT2D eigenvalue weighted by Crippen LogP contribution is 2.41. The van der Waals surface area contributed by atoms with Crippen LogP contribution >= 0.6 is 0 Å². The molecule has 0 radical (unpaired) electrons. The summed E-state index contributed by atoms with van der Waals surface area (Å²) in [7, 11) is 0. The van der Waals surface area contributed by atoms with Gasteiger partial charge in [-0.3, -0.25) is 0 Å². The molecule has 0 unspecified atom stereocenters. The average Bonchev–Trinajstić information content (AvgIpc) is 3.55. The molecule has 0 aliphatic rings. The number of para-hydroxylation sites is 4. The fourth-order valence-electron chi connectivity index (χ4n) is 7.49. The molecule has 4 nitrogen and oxygen atoms in total. The molecule has 0 saturated heterocycles. The minimum atomic E-state index is 0.865. The van der Waals surface area contributed by atoms with Crippen LogP contribution in [-0.2, 0) is 0 Å². The number of anilines is 3. The molecule has 0 aliphatic carbocycles. The van der Waals surface area contributed by atoms with Crippen LogP contribution in [0.25, 0.3) is 71.8 Å². The Morgan fingerprint density at radius 3 is 1.65 bits per heavy atom. The highest BCUT2D eigenvalue weighted by Gasteiger charge is 2.19. The lowest BCUT2D eigenvalue weighted by Gasteiger charge is -2.26. The maximum Gasteiger partial charge on any atom is 0.0973 e. The van der Waals surface area contributed by atoms with E-state index in [1.807, 2.05) is 30.3 Å². The highest BCUT2D eigenvalue weighted by atomic mass is 15.1. The van der Waals surface area contributed by atoms with E-state index in [1.54, 1.807) is 0 Å². The second kappa shape index (κ2) is 12.4. The number of fused-ring (bicyclic) bond motifs is 5. The van der Waals surface area contributed by atoms with Crippen LogP contribution < -0.4 is 4.90 Å². The van der Waals surface area contributed by atoms with Crippen molar-refractivity contribution in [1.29, 1.82) is 0 Å². The third kappa shape index (κ3) is 5.09. The summed E-state index contributed by atoms with van der Waals surface area (Å²) >= 11 is 0. The Hall–Kier alpha value is -7.04. The summed E-state index contributed by atoms with van der Waals surface area (Å²) in [5.74, 6) is 0. The van der Waals surface area contributed by atoms with Crippen LogP contribution in [0, 0.1) is 0 Å². The van der Waals surface area contributed by atoms with E-state index in [0.29, 0.717) is 0 Å². The Labute approximate surface area is 301 Å². The first-order valence-electron chi connectivity index (χ1n) is 17.6. The van der Waals surface area contributed by atoms with Crippen molar-refractivity contribution in [2.24, 2.45) is 0 Å². The summed E-state index contributed by atoms with van der Waals surface area (Å²) in [6.07, 6.45) is 0. The second-order valence-corrected chi connectivity index (χ2v) is 13.1. The van der Waals surface area contributed by atoms with E-state index in [4.69, 9.17) is 9.97 Å².